The lowest BCUT2D eigenvalue weighted by Gasteiger charge is -2.40. The maximum atomic E-state index is 12.9. The molecule has 0 bridgehead atoms. The van der Waals surface area contributed by atoms with Crippen LogP contribution in [0.25, 0.3) is 11.1 Å². The smallest absolute Gasteiger partial charge is 0.321 e. The van der Waals surface area contributed by atoms with Crippen LogP contribution in [-0.4, -0.2) is 67.7 Å². The molecule has 8 nitrogen and oxygen atoms in total. The monoisotopic (exact) mass is 472 g/mol. The first-order valence-corrected chi connectivity index (χ1v) is 11.7. The SMILES string of the molecule is COc1cccc(-c2ccc3c(c2)NC(=O)CN2CCN(C(=O)Nc4ccccc4)C[C@@H]2CO3)c1. The van der Waals surface area contributed by atoms with E-state index in [1.54, 1.807) is 12.0 Å². The Kier molecular flexibility index (Phi) is 6.54. The maximum absolute atomic E-state index is 12.9. The van der Waals surface area contributed by atoms with E-state index in [4.69, 9.17) is 9.47 Å². The highest BCUT2D eigenvalue weighted by Gasteiger charge is 2.32. The summed E-state index contributed by atoms with van der Waals surface area (Å²) in [7, 11) is 1.64. The Hall–Kier alpha value is -4.04. The molecule has 3 aromatic carbocycles. The van der Waals surface area contributed by atoms with Crippen LogP contribution in [0.2, 0.25) is 0 Å². The van der Waals surface area contributed by atoms with Gasteiger partial charge in [-0.25, -0.2) is 4.79 Å². The van der Waals surface area contributed by atoms with Gasteiger partial charge in [0, 0.05) is 25.3 Å². The fourth-order valence-corrected chi connectivity index (χ4v) is 4.46. The zero-order valence-electron chi connectivity index (χ0n) is 19.6. The molecule has 0 aliphatic carbocycles. The summed E-state index contributed by atoms with van der Waals surface area (Å²) in [5, 5.41) is 5.95. The van der Waals surface area contributed by atoms with Gasteiger partial charge in [-0.05, 0) is 47.5 Å². The minimum Gasteiger partial charge on any atom is -0.497 e. The Bertz CT molecular complexity index is 1220. The van der Waals surface area contributed by atoms with Crippen LogP contribution in [0, 0.1) is 0 Å². The number of anilines is 2. The quantitative estimate of drug-likeness (QED) is 0.604. The predicted octanol–water partition coefficient (Wildman–Crippen LogP) is 3.91. The number of methoxy groups -OCH3 is 1. The highest BCUT2D eigenvalue weighted by atomic mass is 16.5. The van der Waals surface area contributed by atoms with Gasteiger partial charge in [0.25, 0.3) is 0 Å². The first-order chi connectivity index (χ1) is 17.1. The summed E-state index contributed by atoms with van der Waals surface area (Å²) in [5.74, 6) is 1.27. The Labute approximate surface area is 204 Å². The van der Waals surface area contributed by atoms with E-state index in [0.29, 0.717) is 37.7 Å². The molecule has 0 aromatic heterocycles. The average Bonchev–Trinajstić information content (AvgIpc) is 2.95. The summed E-state index contributed by atoms with van der Waals surface area (Å²) < 4.78 is 11.5. The molecule has 0 spiro atoms. The topological polar surface area (TPSA) is 83.1 Å². The molecular weight excluding hydrogens is 444 g/mol. The van der Waals surface area contributed by atoms with Gasteiger partial charge in [-0.2, -0.15) is 0 Å². The Morgan fingerprint density at radius 3 is 2.69 bits per heavy atom. The van der Waals surface area contributed by atoms with Crippen molar-refractivity contribution < 1.29 is 19.1 Å². The van der Waals surface area contributed by atoms with Crippen molar-refractivity contribution in [1.29, 1.82) is 0 Å². The number of carbonyl (C=O) groups excluding carboxylic acids is 2. The number of carbonyl (C=O) groups is 2. The summed E-state index contributed by atoms with van der Waals surface area (Å²) in [6.45, 7) is 2.22. The zero-order valence-corrected chi connectivity index (χ0v) is 19.6. The minimum atomic E-state index is -0.150. The van der Waals surface area contributed by atoms with Gasteiger partial charge in [0.2, 0.25) is 5.91 Å². The van der Waals surface area contributed by atoms with Gasteiger partial charge >= 0.3 is 6.03 Å². The molecule has 2 aliphatic heterocycles. The van der Waals surface area contributed by atoms with Crippen LogP contribution in [0.4, 0.5) is 16.2 Å². The van der Waals surface area contributed by atoms with Crippen molar-refractivity contribution in [3.8, 4) is 22.6 Å². The van der Waals surface area contributed by atoms with Crippen molar-refractivity contribution in [3.63, 3.8) is 0 Å². The summed E-state index contributed by atoms with van der Waals surface area (Å²) in [6.07, 6.45) is 0. The first kappa shape index (κ1) is 22.7. The first-order valence-electron chi connectivity index (χ1n) is 11.7. The predicted molar refractivity (Wildman–Crippen MR) is 135 cm³/mol. The zero-order chi connectivity index (χ0) is 24.2. The molecule has 2 heterocycles. The van der Waals surface area contributed by atoms with Gasteiger partial charge in [0.15, 0.2) is 0 Å². The fraction of sp³-hybridized carbons (Fsp3) is 0.259. The molecule has 0 saturated carbocycles. The van der Waals surface area contributed by atoms with Gasteiger partial charge in [-0.15, -0.1) is 0 Å². The van der Waals surface area contributed by atoms with Crippen molar-refractivity contribution in [3.05, 3.63) is 72.8 Å². The van der Waals surface area contributed by atoms with Crippen LogP contribution >= 0.6 is 0 Å². The number of hydrogen-bond acceptors (Lipinski definition) is 5. The third-order valence-electron chi connectivity index (χ3n) is 6.35. The van der Waals surface area contributed by atoms with Crippen LogP contribution < -0.4 is 20.1 Å². The molecule has 2 N–H and O–H groups in total. The van der Waals surface area contributed by atoms with E-state index in [0.717, 1.165) is 22.6 Å². The average molecular weight is 473 g/mol. The van der Waals surface area contributed by atoms with Crippen molar-refractivity contribution in [2.24, 2.45) is 0 Å². The van der Waals surface area contributed by atoms with Gasteiger partial charge in [0.1, 0.15) is 18.1 Å². The number of rotatable bonds is 3. The Balaban J connectivity index is 1.32. The van der Waals surface area contributed by atoms with E-state index in [2.05, 4.69) is 15.5 Å². The molecule has 8 heteroatoms. The normalized spacial score (nSPS) is 18.0. The maximum Gasteiger partial charge on any atom is 0.321 e. The molecule has 0 unspecified atom stereocenters. The number of piperazine rings is 1. The molecule has 3 aromatic rings. The number of ether oxygens (including phenoxy) is 2. The summed E-state index contributed by atoms with van der Waals surface area (Å²) in [6, 6.07) is 22.7. The Morgan fingerprint density at radius 1 is 1.03 bits per heavy atom. The molecular formula is C27H28N4O4. The van der Waals surface area contributed by atoms with Gasteiger partial charge in [-0.3, -0.25) is 9.69 Å². The minimum absolute atomic E-state index is 0.0972. The molecule has 3 amide bonds. The molecule has 5 rings (SSSR count). The standard InChI is InChI=1S/C27H28N4O4/c1-34-23-9-5-6-19(14-23)20-10-11-25-24(15-20)29-26(32)17-30-12-13-31(16-22(30)18-35-25)27(33)28-21-7-3-2-4-8-21/h2-11,14-15,22H,12-13,16-18H2,1H3,(H,28,33)(H,29,32)/t22-/m1/s1. The van der Waals surface area contributed by atoms with Gasteiger partial charge in [-0.1, -0.05) is 36.4 Å². The molecule has 2 aliphatic rings. The number of para-hydroxylation sites is 1. The van der Waals surface area contributed by atoms with Gasteiger partial charge < -0.3 is 25.0 Å². The van der Waals surface area contributed by atoms with Gasteiger partial charge in [0.05, 0.1) is 25.4 Å². The van der Waals surface area contributed by atoms with Crippen molar-refractivity contribution >= 4 is 23.3 Å². The van der Waals surface area contributed by atoms with Crippen LogP contribution in [0.15, 0.2) is 72.8 Å². The van der Waals surface area contributed by atoms with Crippen LogP contribution in [0.1, 0.15) is 0 Å². The third kappa shape index (κ3) is 5.22. The number of fused-ring (bicyclic) bond motifs is 2. The van der Waals surface area contributed by atoms with E-state index in [1.165, 1.54) is 0 Å². The number of amides is 3. The van der Waals surface area contributed by atoms with Crippen LogP contribution in [-0.2, 0) is 4.79 Å². The molecule has 1 fully saturated rings. The number of benzene rings is 3. The van der Waals surface area contributed by atoms with Crippen molar-refractivity contribution in [2.45, 2.75) is 6.04 Å². The lowest BCUT2D eigenvalue weighted by molar-refractivity contribution is -0.118. The highest BCUT2D eigenvalue weighted by Crippen LogP contribution is 2.33. The molecule has 35 heavy (non-hydrogen) atoms. The highest BCUT2D eigenvalue weighted by molar-refractivity contribution is 5.95. The molecule has 1 atom stereocenters. The number of hydrogen-bond donors (Lipinski definition) is 2. The van der Waals surface area contributed by atoms with Crippen molar-refractivity contribution in [1.82, 2.24) is 9.80 Å². The second-order valence-electron chi connectivity index (χ2n) is 8.67. The van der Waals surface area contributed by atoms with E-state index in [-0.39, 0.29) is 24.5 Å². The number of urea groups is 1. The second-order valence-corrected chi connectivity index (χ2v) is 8.67. The van der Waals surface area contributed by atoms with E-state index in [9.17, 15) is 9.59 Å². The largest absolute Gasteiger partial charge is 0.497 e. The lowest BCUT2D eigenvalue weighted by atomic mass is 10.0. The lowest BCUT2D eigenvalue weighted by Crippen LogP contribution is -2.58. The van der Waals surface area contributed by atoms with Crippen molar-refractivity contribution in [2.75, 3.05) is 50.5 Å². The third-order valence-corrected chi connectivity index (χ3v) is 6.35. The molecule has 180 valence electrons. The Morgan fingerprint density at radius 2 is 1.86 bits per heavy atom. The second kappa shape index (κ2) is 10.1. The van der Waals surface area contributed by atoms with Crippen LogP contribution in [0.3, 0.4) is 0 Å². The summed E-state index contributed by atoms with van der Waals surface area (Å²) in [5.41, 5.74) is 3.32. The van der Waals surface area contributed by atoms with E-state index < -0.39 is 0 Å². The molecule has 0 radical (unpaired) electrons. The fourth-order valence-electron chi connectivity index (χ4n) is 4.46. The summed E-state index contributed by atoms with van der Waals surface area (Å²) in [4.78, 5) is 29.6. The van der Waals surface area contributed by atoms with Crippen LogP contribution in [0.5, 0.6) is 11.5 Å². The number of nitrogens with one attached hydrogen (secondary N) is 2. The molecule has 1 saturated heterocycles. The van der Waals surface area contributed by atoms with E-state index >= 15 is 0 Å². The number of nitrogens with zero attached hydrogens (tertiary/aromatic N) is 2. The van der Waals surface area contributed by atoms with E-state index in [1.807, 2.05) is 72.8 Å². The summed E-state index contributed by atoms with van der Waals surface area (Å²) >= 11 is 0.